The highest BCUT2D eigenvalue weighted by atomic mass is 16.1. The van der Waals surface area contributed by atoms with E-state index in [9.17, 15) is 4.79 Å². The Morgan fingerprint density at radius 1 is 1.53 bits per heavy atom. The topological polar surface area (TPSA) is 43.1 Å². The molecular formula is C13H23NO. The standard InChI is InChI=1S/C13H21NO.H2/c1-5-10(3)11(4)9-12(6-2)7-8-13(14)15;/h6,9-10H,2,4-5,7-8H2,1,3H3,(H2,14,15);1H/b12-9+;. The third-order valence-electron chi connectivity index (χ3n) is 2.54. The van der Waals surface area contributed by atoms with Gasteiger partial charge in [0.2, 0.25) is 5.91 Å². The summed E-state index contributed by atoms with van der Waals surface area (Å²) in [6.07, 6.45) is 5.84. The third kappa shape index (κ3) is 5.89. The van der Waals surface area contributed by atoms with E-state index in [0.29, 0.717) is 18.8 Å². The lowest BCUT2D eigenvalue weighted by Crippen LogP contribution is -2.10. The molecule has 1 amide bonds. The van der Waals surface area contributed by atoms with E-state index < -0.39 is 0 Å². The van der Waals surface area contributed by atoms with Gasteiger partial charge in [0.1, 0.15) is 0 Å². The molecule has 1 unspecified atom stereocenters. The summed E-state index contributed by atoms with van der Waals surface area (Å²) in [7, 11) is 0. The normalized spacial score (nSPS) is 13.3. The Kier molecular flexibility index (Phi) is 6.43. The molecule has 15 heavy (non-hydrogen) atoms. The average molecular weight is 209 g/mol. The van der Waals surface area contributed by atoms with Gasteiger partial charge in [-0.3, -0.25) is 4.79 Å². The number of amides is 1. The van der Waals surface area contributed by atoms with Gasteiger partial charge in [-0.1, -0.05) is 44.7 Å². The van der Waals surface area contributed by atoms with Crippen molar-refractivity contribution in [1.29, 1.82) is 0 Å². The van der Waals surface area contributed by atoms with Crippen molar-refractivity contribution in [2.75, 3.05) is 0 Å². The van der Waals surface area contributed by atoms with Gasteiger partial charge in [0, 0.05) is 7.85 Å². The lowest BCUT2D eigenvalue weighted by molar-refractivity contribution is -0.117. The van der Waals surface area contributed by atoms with Crippen molar-refractivity contribution in [3.05, 3.63) is 36.5 Å². The Labute approximate surface area is 94.0 Å². The molecule has 0 aliphatic rings. The molecule has 0 radical (unpaired) electrons. The average Bonchev–Trinajstić information content (AvgIpc) is 2.22. The molecule has 0 spiro atoms. The van der Waals surface area contributed by atoms with Crippen LogP contribution in [0, 0.1) is 5.92 Å². The predicted octanol–water partition coefficient (Wildman–Crippen LogP) is 3.21. The van der Waals surface area contributed by atoms with Crippen LogP contribution in [-0.4, -0.2) is 5.91 Å². The van der Waals surface area contributed by atoms with Crippen LogP contribution in [0.15, 0.2) is 36.5 Å². The van der Waals surface area contributed by atoms with E-state index in [1.54, 1.807) is 6.08 Å². The van der Waals surface area contributed by atoms with Crippen LogP contribution in [0.1, 0.15) is 34.5 Å². The zero-order chi connectivity index (χ0) is 11.8. The number of carbonyl (C=O) groups excluding carboxylic acids is 1. The summed E-state index contributed by atoms with van der Waals surface area (Å²) >= 11 is 0. The first-order valence-electron chi connectivity index (χ1n) is 5.31. The molecular weight excluding hydrogens is 186 g/mol. The quantitative estimate of drug-likeness (QED) is 0.643. The molecule has 0 saturated carbocycles. The molecule has 2 nitrogen and oxygen atoms in total. The fraction of sp³-hybridized carbons (Fsp3) is 0.462. The van der Waals surface area contributed by atoms with Crippen molar-refractivity contribution < 1.29 is 6.22 Å². The lowest BCUT2D eigenvalue weighted by atomic mass is 9.96. The van der Waals surface area contributed by atoms with Gasteiger partial charge in [-0.2, -0.15) is 0 Å². The van der Waals surface area contributed by atoms with Gasteiger partial charge in [-0.15, -0.1) is 0 Å². The van der Waals surface area contributed by atoms with Crippen LogP contribution in [0.3, 0.4) is 0 Å². The summed E-state index contributed by atoms with van der Waals surface area (Å²) in [5.41, 5.74) is 7.20. The Morgan fingerprint density at radius 3 is 2.53 bits per heavy atom. The summed E-state index contributed by atoms with van der Waals surface area (Å²) in [6.45, 7) is 12.0. The maximum atomic E-state index is 10.6. The van der Waals surface area contributed by atoms with Gasteiger partial charge in [-0.05, 0) is 24.3 Å². The number of allylic oxidation sites excluding steroid dienone is 4. The Bertz CT molecular complexity index is 282. The second kappa shape index (κ2) is 7.04. The molecule has 0 aliphatic heterocycles. The highest BCUT2D eigenvalue weighted by molar-refractivity contribution is 5.74. The van der Waals surface area contributed by atoms with E-state index in [2.05, 4.69) is 27.0 Å². The van der Waals surface area contributed by atoms with Crippen molar-refractivity contribution in [2.45, 2.75) is 33.1 Å². The molecule has 2 heteroatoms. The summed E-state index contributed by atoms with van der Waals surface area (Å²) < 4.78 is 0. The van der Waals surface area contributed by atoms with Crippen LogP contribution in [-0.2, 0) is 4.79 Å². The molecule has 0 aliphatic carbocycles. The smallest absolute Gasteiger partial charge is 0.217 e. The number of rotatable bonds is 7. The van der Waals surface area contributed by atoms with E-state index in [-0.39, 0.29) is 7.33 Å². The molecule has 0 bridgehead atoms. The molecule has 0 rings (SSSR count). The van der Waals surface area contributed by atoms with Crippen molar-refractivity contribution in [1.82, 2.24) is 0 Å². The number of hydrogen-bond donors (Lipinski definition) is 1. The van der Waals surface area contributed by atoms with E-state index in [1.165, 1.54) is 0 Å². The number of nitrogens with two attached hydrogens (primary N) is 1. The van der Waals surface area contributed by atoms with Gasteiger partial charge >= 0.3 is 0 Å². The van der Waals surface area contributed by atoms with E-state index >= 15 is 0 Å². The van der Waals surface area contributed by atoms with E-state index in [4.69, 9.17) is 5.73 Å². The predicted molar refractivity (Wildman–Crippen MR) is 67.4 cm³/mol. The van der Waals surface area contributed by atoms with Crippen molar-refractivity contribution in [3.8, 4) is 0 Å². The van der Waals surface area contributed by atoms with Crippen LogP contribution in [0.2, 0.25) is 0 Å². The summed E-state index contributed by atoms with van der Waals surface area (Å²) in [4.78, 5) is 10.6. The maximum Gasteiger partial charge on any atom is 0.217 e. The summed E-state index contributed by atoms with van der Waals surface area (Å²) in [6, 6.07) is 0. The molecule has 0 aromatic heterocycles. The van der Waals surface area contributed by atoms with Crippen LogP contribution in [0.5, 0.6) is 0 Å². The number of carbonyl (C=O) groups is 1. The first-order chi connectivity index (χ1) is 7.01. The maximum absolute atomic E-state index is 10.6. The molecule has 0 aromatic carbocycles. The lowest BCUT2D eigenvalue weighted by Gasteiger charge is -2.09. The Hall–Kier alpha value is -1.31. The van der Waals surface area contributed by atoms with Gasteiger partial charge in [0.25, 0.3) is 0 Å². The third-order valence-corrected chi connectivity index (χ3v) is 2.54. The van der Waals surface area contributed by atoms with Crippen LogP contribution in [0.25, 0.3) is 0 Å². The minimum absolute atomic E-state index is 0. The fourth-order valence-electron chi connectivity index (χ4n) is 1.14. The van der Waals surface area contributed by atoms with Crippen molar-refractivity contribution in [3.63, 3.8) is 0 Å². The zero-order valence-electron chi connectivity index (χ0n) is 9.75. The highest BCUT2D eigenvalue weighted by Crippen LogP contribution is 2.17. The van der Waals surface area contributed by atoms with Crippen LogP contribution < -0.4 is 5.73 Å². The molecule has 0 saturated heterocycles. The zero-order valence-corrected chi connectivity index (χ0v) is 9.75. The first kappa shape index (κ1) is 13.7. The van der Waals surface area contributed by atoms with Gasteiger partial charge in [0.15, 0.2) is 0 Å². The van der Waals surface area contributed by atoms with Gasteiger partial charge in [0.05, 0.1) is 0 Å². The molecule has 0 heterocycles. The minimum atomic E-state index is -0.281. The SMILES string of the molecule is C=C/C(=C\C(=C)C(C)CC)CCC(N)=O.[HH]. The molecule has 0 fully saturated rings. The van der Waals surface area contributed by atoms with Gasteiger partial charge in [-0.25, -0.2) is 0 Å². The molecule has 0 aromatic rings. The van der Waals surface area contributed by atoms with Gasteiger partial charge < -0.3 is 5.73 Å². The summed E-state index contributed by atoms with van der Waals surface area (Å²) in [5.74, 6) is 0.186. The second-order valence-corrected chi connectivity index (χ2v) is 3.77. The van der Waals surface area contributed by atoms with Crippen LogP contribution >= 0.6 is 0 Å². The number of primary amides is 1. The summed E-state index contributed by atoms with van der Waals surface area (Å²) in [5, 5.41) is 0. The fourth-order valence-corrected chi connectivity index (χ4v) is 1.14. The second-order valence-electron chi connectivity index (χ2n) is 3.77. The molecule has 86 valence electrons. The first-order valence-corrected chi connectivity index (χ1v) is 5.31. The Morgan fingerprint density at radius 2 is 2.13 bits per heavy atom. The largest absolute Gasteiger partial charge is 0.370 e. The van der Waals surface area contributed by atoms with E-state index in [0.717, 1.165) is 17.6 Å². The minimum Gasteiger partial charge on any atom is -0.370 e. The Balaban J connectivity index is 0. The monoisotopic (exact) mass is 209 g/mol. The number of hydrogen-bond acceptors (Lipinski definition) is 1. The van der Waals surface area contributed by atoms with Crippen molar-refractivity contribution >= 4 is 5.91 Å². The van der Waals surface area contributed by atoms with Crippen LogP contribution in [0.4, 0.5) is 0 Å². The van der Waals surface area contributed by atoms with Crippen molar-refractivity contribution in [2.24, 2.45) is 11.7 Å². The van der Waals surface area contributed by atoms with E-state index in [1.807, 2.05) is 6.08 Å². The highest BCUT2D eigenvalue weighted by Gasteiger charge is 2.03. The molecule has 2 N–H and O–H groups in total. The molecule has 1 atom stereocenters.